The van der Waals surface area contributed by atoms with E-state index >= 15 is 0 Å². The van der Waals surface area contributed by atoms with Crippen molar-refractivity contribution in [3.63, 3.8) is 0 Å². The molecule has 0 amide bonds. The number of non-ortho nitro benzene ring substituents is 1. The van der Waals surface area contributed by atoms with Crippen molar-refractivity contribution in [2.24, 2.45) is 0 Å². The number of nitro benzene ring substituents is 1. The van der Waals surface area contributed by atoms with E-state index in [0.717, 1.165) is 21.9 Å². The minimum absolute atomic E-state index is 0.0989. The molecular weight excluding hydrogens is 320 g/mol. The fraction of sp³-hybridized carbons (Fsp3) is 0.0667. The lowest BCUT2D eigenvalue weighted by molar-refractivity contribution is -0.384. The molecule has 0 bridgehead atoms. The summed E-state index contributed by atoms with van der Waals surface area (Å²) in [5.74, 6) is 0. The van der Waals surface area contributed by atoms with E-state index in [0.29, 0.717) is 0 Å². The van der Waals surface area contributed by atoms with Crippen LogP contribution in [-0.2, 0) is 6.54 Å². The number of fused-ring (bicyclic) bond motifs is 1. The van der Waals surface area contributed by atoms with Crippen LogP contribution < -0.4 is 0 Å². The number of hydrogen-bond acceptors (Lipinski definition) is 2. The second kappa shape index (κ2) is 5.09. The minimum Gasteiger partial charge on any atom is -0.342 e. The summed E-state index contributed by atoms with van der Waals surface area (Å²) >= 11 is 3.43. The SMILES string of the molecule is O=[N+]([O-])c1cc(Br)c2c(ccn2Cc2ccccc2)c1. The van der Waals surface area contributed by atoms with Gasteiger partial charge in [0, 0.05) is 34.7 Å². The molecule has 4 nitrogen and oxygen atoms in total. The lowest BCUT2D eigenvalue weighted by Gasteiger charge is -2.07. The smallest absolute Gasteiger partial charge is 0.271 e. The van der Waals surface area contributed by atoms with Gasteiger partial charge in [-0.25, -0.2) is 0 Å². The van der Waals surface area contributed by atoms with Crippen LogP contribution in [0.2, 0.25) is 0 Å². The lowest BCUT2D eigenvalue weighted by atomic mass is 10.2. The van der Waals surface area contributed by atoms with Gasteiger partial charge in [0.05, 0.1) is 10.4 Å². The van der Waals surface area contributed by atoms with Gasteiger partial charge in [0.1, 0.15) is 0 Å². The summed E-state index contributed by atoms with van der Waals surface area (Å²) < 4.78 is 2.82. The van der Waals surface area contributed by atoms with Crippen molar-refractivity contribution in [2.45, 2.75) is 6.54 Å². The Morgan fingerprint density at radius 3 is 2.60 bits per heavy atom. The fourth-order valence-electron chi connectivity index (χ4n) is 2.30. The molecule has 0 aliphatic rings. The molecule has 0 saturated heterocycles. The van der Waals surface area contributed by atoms with E-state index in [9.17, 15) is 10.1 Å². The Balaban J connectivity index is 2.07. The summed E-state index contributed by atoms with van der Waals surface area (Å²) in [4.78, 5) is 10.5. The summed E-state index contributed by atoms with van der Waals surface area (Å²) in [7, 11) is 0. The van der Waals surface area contributed by atoms with E-state index in [2.05, 4.69) is 32.6 Å². The molecule has 1 aromatic heterocycles. The van der Waals surface area contributed by atoms with Gasteiger partial charge >= 0.3 is 0 Å². The molecule has 0 N–H and O–H groups in total. The maximum absolute atomic E-state index is 10.9. The normalized spacial score (nSPS) is 10.8. The van der Waals surface area contributed by atoms with Crippen LogP contribution >= 0.6 is 15.9 Å². The van der Waals surface area contributed by atoms with Gasteiger partial charge in [-0.3, -0.25) is 10.1 Å². The highest BCUT2D eigenvalue weighted by Gasteiger charge is 2.13. The number of nitrogens with zero attached hydrogens (tertiary/aromatic N) is 2. The average molecular weight is 331 g/mol. The van der Waals surface area contributed by atoms with Crippen LogP contribution in [0.4, 0.5) is 5.69 Å². The molecule has 0 atom stereocenters. The Hall–Kier alpha value is -2.14. The van der Waals surface area contributed by atoms with Crippen molar-refractivity contribution in [2.75, 3.05) is 0 Å². The van der Waals surface area contributed by atoms with Crippen molar-refractivity contribution < 1.29 is 4.92 Å². The maximum Gasteiger partial charge on any atom is 0.271 e. The van der Waals surface area contributed by atoms with E-state index < -0.39 is 0 Å². The topological polar surface area (TPSA) is 48.1 Å². The van der Waals surface area contributed by atoms with E-state index in [1.54, 1.807) is 12.1 Å². The second-order valence-corrected chi connectivity index (χ2v) is 5.41. The molecule has 3 rings (SSSR count). The number of halogens is 1. The van der Waals surface area contributed by atoms with E-state index in [-0.39, 0.29) is 10.6 Å². The third-order valence-electron chi connectivity index (χ3n) is 3.21. The van der Waals surface area contributed by atoms with Crippen LogP contribution in [0.5, 0.6) is 0 Å². The first-order valence-corrected chi connectivity index (χ1v) is 6.91. The predicted octanol–water partition coefficient (Wildman–Crippen LogP) is 4.36. The number of aromatic nitrogens is 1. The molecular formula is C15H11BrN2O2. The van der Waals surface area contributed by atoms with Crippen molar-refractivity contribution in [1.29, 1.82) is 0 Å². The van der Waals surface area contributed by atoms with Crippen molar-refractivity contribution in [1.82, 2.24) is 4.57 Å². The second-order valence-electron chi connectivity index (χ2n) is 4.55. The van der Waals surface area contributed by atoms with Gasteiger partial charge in [-0.2, -0.15) is 0 Å². The van der Waals surface area contributed by atoms with Crippen LogP contribution in [0.3, 0.4) is 0 Å². The summed E-state index contributed by atoms with van der Waals surface area (Å²) in [6, 6.07) is 15.1. The predicted molar refractivity (Wildman–Crippen MR) is 81.8 cm³/mol. The highest BCUT2D eigenvalue weighted by Crippen LogP contribution is 2.30. The number of benzene rings is 2. The lowest BCUT2D eigenvalue weighted by Crippen LogP contribution is -1.98. The Morgan fingerprint density at radius 1 is 1.15 bits per heavy atom. The van der Waals surface area contributed by atoms with Gasteiger partial charge in [-0.05, 0) is 27.6 Å². The summed E-state index contributed by atoms with van der Waals surface area (Å²) in [6.07, 6.45) is 1.95. The van der Waals surface area contributed by atoms with Gasteiger partial charge in [-0.1, -0.05) is 30.3 Å². The molecule has 20 heavy (non-hydrogen) atoms. The Kier molecular flexibility index (Phi) is 3.28. The van der Waals surface area contributed by atoms with Crippen LogP contribution in [0.1, 0.15) is 5.56 Å². The molecule has 0 spiro atoms. The molecule has 0 unspecified atom stereocenters. The zero-order chi connectivity index (χ0) is 14.1. The summed E-state index contributed by atoms with van der Waals surface area (Å²) in [6.45, 7) is 0.737. The first-order valence-electron chi connectivity index (χ1n) is 6.12. The maximum atomic E-state index is 10.9. The van der Waals surface area contributed by atoms with Gasteiger partial charge in [-0.15, -0.1) is 0 Å². The number of nitro groups is 1. The van der Waals surface area contributed by atoms with Gasteiger partial charge in [0.15, 0.2) is 0 Å². The van der Waals surface area contributed by atoms with Crippen LogP contribution in [0.15, 0.2) is 59.2 Å². The largest absolute Gasteiger partial charge is 0.342 e. The van der Waals surface area contributed by atoms with E-state index in [1.807, 2.05) is 30.5 Å². The molecule has 0 saturated carbocycles. The number of hydrogen-bond donors (Lipinski definition) is 0. The van der Waals surface area contributed by atoms with Gasteiger partial charge in [0.25, 0.3) is 5.69 Å². The van der Waals surface area contributed by atoms with E-state index in [1.165, 1.54) is 5.56 Å². The third kappa shape index (κ3) is 2.32. The quantitative estimate of drug-likeness (QED) is 0.529. The molecule has 0 radical (unpaired) electrons. The zero-order valence-electron chi connectivity index (χ0n) is 10.5. The minimum atomic E-state index is -0.376. The Labute approximate surface area is 123 Å². The van der Waals surface area contributed by atoms with Gasteiger partial charge < -0.3 is 4.57 Å². The highest BCUT2D eigenvalue weighted by atomic mass is 79.9. The van der Waals surface area contributed by atoms with Crippen molar-refractivity contribution in [3.8, 4) is 0 Å². The molecule has 5 heteroatoms. The zero-order valence-corrected chi connectivity index (χ0v) is 12.1. The number of rotatable bonds is 3. The van der Waals surface area contributed by atoms with Crippen LogP contribution in [0.25, 0.3) is 10.9 Å². The highest BCUT2D eigenvalue weighted by molar-refractivity contribution is 9.10. The fourth-order valence-corrected chi connectivity index (χ4v) is 2.99. The molecule has 3 aromatic rings. The third-order valence-corrected chi connectivity index (χ3v) is 3.81. The molecule has 1 heterocycles. The molecule has 100 valence electrons. The Morgan fingerprint density at radius 2 is 1.90 bits per heavy atom. The Bertz CT molecular complexity index is 781. The summed E-state index contributed by atoms with van der Waals surface area (Å²) in [5.41, 5.74) is 2.26. The monoisotopic (exact) mass is 330 g/mol. The van der Waals surface area contributed by atoms with Crippen LogP contribution in [-0.4, -0.2) is 9.49 Å². The average Bonchev–Trinajstić information content (AvgIpc) is 2.83. The molecule has 2 aromatic carbocycles. The van der Waals surface area contributed by atoms with Crippen molar-refractivity contribution >= 4 is 32.5 Å². The van der Waals surface area contributed by atoms with Gasteiger partial charge in [0.2, 0.25) is 0 Å². The molecule has 0 aliphatic heterocycles. The standard InChI is InChI=1S/C15H11BrN2O2/c16-14-9-13(18(19)20)8-12-6-7-17(15(12)14)10-11-4-2-1-3-5-11/h1-9H,10H2. The molecule has 0 aliphatic carbocycles. The summed E-state index contributed by atoms with van der Waals surface area (Å²) in [5, 5.41) is 11.7. The van der Waals surface area contributed by atoms with Crippen molar-refractivity contribution in [3.05, 3.63) is 74.9 Å². The van der Waals surface area contributed by atoms with E-state index in [4.69, 9.17) is 0 Å². The first kappa shape index (κ1) is 12.9. The first-order chi connectivity index (χ1) is 9.65. The molecule has 0 fully saturated rings. The van der Waals surface area contributed by atoms with Crippen LogP contribution in [0, 0.1) is 10.1 Å².